The minimum atomic E-state index is -0.690. The largest absolute Gasteiger partial charge is 0.368 e. The predicted octanol–water partition coefficient (Wildman–Crippen LogP) is 4.56. The van der Waals surface area contributed by atoms with Crippen LogP contribution in [0.4, 0.5) is 4.39 Å². The van der Waals surface area contributed by atoms with Crippen LogP contribution >= 0.6 is 11.6 Å². The zero-order valence-corrected chi connectivity index (χ0v) is 14.9. The SMILES string of the molecule is Fc1ccc(C2(Cn3cncn3)OCCCC2c2ccccc2Cl)cc1. The Balaban J connectivity index is 1.86. The third-order valence-corrected chi connectivity index (χ3v) is 5.38. The molecule has 1 aromatic heterocycles. The van der Waals surface area contributed by atoms with Gasteiger partial charge in [-0.05, 0) is 42.2 Å². The molecule has 0 amide bonds. The van der Waals surface area contributed by atoms with Gasteiger partial charge in [0.05, 0.1) is 6.54 Å². The number of nitrogens with zero attached hydrogens (tertiary/aromatic N) is 3. The van der Waals surface area contributed by atoms with Crippen LogP contribution in [0.15, 0.2) is 61.2 Å². The van der Waals surface area contributed by atoms with Crippen molar-refractivity contribution in [2.75, 3.05) is 6.61 Å². The van der Waals surface area contributed by atoms with E-state index in [-0.39, 0.29) is 11.7 Å². The molecule has 2 aromatic carbocycles. The molecule has 0 spiro atoms. The Labute approximate surface area is 156 Å². The summed E-state index contributed by atoms with van der Waals surface area (Å²) in [5.41, 5.74) is 1.27. The molecule has 4 nitrogen and oxygen atoms in total. The van der Waals surface area contributed by atoms with Gasteiger partial charge in [0.1, 0.15) is 24.1 Å². The van der Waals surface area contributed by atoms with Crippen LogP contribution in [0.5, 0.6) is 0 Å². The van der Waals surface area contributed by atoms with Gasteiger partial charge in [0, 0.05) is 17.5 Å². The van der Waals surface area contributed by atoms with Crippen molar-refractivity contribution in [2.24, 2.45) is 0 Å². The van der Waals surface area contributed by atoms with Crippen LogP contribution in [0.1, 0.15) is 29.9 Å². The zero-order chi connectivity index (χ0) is 18.0. The molecule has 2 atom stereocenters. The molecule has 1 fully saturated rings. The number of halogens is 2. The smallest absolute Gasteiger partial charge is 0.137 e. The molecule has 0 saturated carbocycles. The second-order valence-corrected chi connectivity index (χ2v) is 6.96. The highest BCUT2D eigenvalue weighted by Gasteiger charge is 2.45. The maximum absolute atomic E-state index is 13.6. The summed E-state index contributed by atoms with van der Waals surface area (Å²) in [5, 5.41) is 4.98. The summed E-state index contributed by atoms with van der Waals surface area (Å²) in [6, 6.07) is 14.4. The Morgan fingerprint density at radius 2 is 2.00 bits per heavy atom. The molecule has 1 aliphatic rings. The van der Waals surface area contributed by atoms with E-state index < -0.39 is 5.60 Å². The molecule has 6 heteroatoms. The molecule has 134 valence electrons. The fraction of sp³-hybridized carbons (Fsp3) is 0.300. The van der Waals surface area contributed by atoms with Crippen LogP contribution in [0, 0.1) is 5.82 Å². The lowest BCUT2D eigenvalue weighted by molar-refractivity contribution is -0.113. The van der Waals surface area contributed by atoms with Gasteiger partial charge in [-0.1, -0.05) is 41.9 Å². The summed E-state index contributed by atoms with van der Waals surface area (Å²) in [6.45, 7) is 1.11. The number of rotatable bonds is 4. The number of benzene rings is 2. The van der Waals surface area contributed by atoms with Crippen molar-refractivity contribution in [2.45, 2.75) is 30.9 Å². The van der Waals surface area contributed by atoms with Gasteiger partial charge in [0.15, 0.2) is 0 Å². The fourth-order valence-corrected chi connectivity index (χ4v) is 4.13. The van der Waals surface area contributed by atoms with Crippen LogP contribution in [0.2, 0.25) is 5.02 Å². The Bertz CT molecular complexity index is 869. The van der Waals surface area contributed by atoms with Crippen molar-refractivity contribution in [1.29, 1.82) is 0 Å². The molecular weight excluding hydrogens is 353 g/mol. The number of ether oxygens (including phenoxy) is 1. The van der Waals surface area contributed by atoms with Crippen LogP contribution in [-0.4, -0.2) is 21.4 Å². The van der Waals surface area contributed by atoms with E-state index in [4.69, 9.17) is 16.3 Å². The van der Waals surface area contributed by atoms with Crippen LogP contribution in [0.25, 0.3) is 0 Å². The van der Waals surface area contributed by atoms with Gasteiger partial charge >= 0.3 is 0 Å². The summed E-state index contributed by atoms with van der Waals surface area (Å²) in [6.07, 6.45) is 5.05. The fourth-order valence-electron chi connectivity index (χ4n) is 3.86. The quantitative estimate of drug-likeness (QED) is 0.675. The first-order valence-corrected chi connectivity index (χ1v) is 9.04. The lowest BCUT2D eigenvalue weighted by atomic mass is 9.73. The topological polar surface area (TPSA) is 39.9 Å². The molecule has 26 heavy (non-hydrogen) atoms. The van der Waals surface area contributed by atoms with Gasteiger partial charge in [-0.2, -0.15) is 5.10 Å². The van der Waals surface area contributed by atoms with Crippen molar-refractivity contribution < 1.29 is 9.13 Å². The molecule has 0 bridgehead atoms. The summed E-state index contributed by atoms with van der Waals surface area (Å²) >= 11 is 6.53. The van der Waals surface area contributed by atoms with E-state index in [0.29, 0.717) is 18.2 Å². The highest BCUT2D eigenvalue weighted by atomic mass is 35.5. The molecule has 1 aliphatic heterocycles. The standard InChI is InChI=1S/C20H19ClFN3O/c21-19-6-2-1-4-17(19)18-5-3-11-26-20(18,12-25-14-23-13-24-25)15-7-9-16(22)10-8-15/h1-2,4,6-10,13-14,18H,3,5,11-12H2. The Morgan fingerprint density at radius 1 is 1.19 bits per heavy atom. The van der Waals surface area contributed by atoms with E-state index in [0.717, 1.165) is 24.0 Å². The van der Waals surface area contributed by atoms with E-state index >= 15 is 0 Å². The van der Waals surface area contributed by atoms with Gasteiger partial charge in [0.25, 0.3) is 0 Å². The Hall–Kier alpha value is -2.24. The molecule has 2 unspecified atom stereocenters. The van der Waals surface area contributed by atoms with E-state index in [1.807, 2.05) is 24.3 Å². The molecule has 3 aromatic rings. The molecule has 2 heterocycles. The maximum atomic E-state index is 13.6. The first-order chi connectivity index (χ1) is 12.7. The van der Waals surface area contributed by atoms with E-state index in [1.54, 1.807) is 23.1 Å². The van der Waals surface area contributed by atoms with Crippen LogP contribution < -0.4 is 0 Å². The third kappa shape index (κ3) is 3.13. The van der Waals surface area contributed by atoms with Gasteiger partial charge in [-0.15, -0.1) is 0 Å². The van der Waals surface area contributed by atoms with Gasteiger partial charge < -0.3 is 4.74 Å². The molecule has 4 rings (SSSR count). The van der Waals surface area contributed by atoms with E-state index in [1.165, 1.54) is 18.5 Å². The number of aromatic nitrogens is 3. The monoisotopic (exact) mass is 371 g/mol. The van der Waals surface area contributed by atoms with Crippen LogP contribution in [-0.2, 0) is 16.9 Å². The third-order valence-electron chi connectivity index (χ3n) is 5.04. The van der Waals surface area contributed by atoms with Crippen molar-refractivity contribution in [1.82, 2.24) is 14.8 Å². The number of hydrogen-bond acceptors (Lipinski definition) is 3. The molecule has 1 saturated heterocycles. The summed E-state index contributed by atoms with van der Waals surface area (Å²) in [4.78, 5) is 4.05. The molecule has 0 aliphatic carbocycles. The van der Waals surface area contributed by atoms with Crippen LogP contribution in [0.3, 0.4) is 0 Å². The average molecular weight is 372 g/mol. The molecule has 0 radical (unpaired) electrons. The highest BCUT2D eigenvalue weighted by Crippen LogP contribution is 2.48. The first kappa shape index (κ1) is 17.2. The summed E-state index contributed by atoms with van der Waals surface area (Å²) in [5.74, 6) is -0.241. The van der Waals surface area contributed by atoms with E-state index in [9.17, 15) is 4.39 Å². The molecular formula is C20H19ClFN3O. The second kappa shape index (κ2) is 7.17. The van der Waals surface area contributed by atoms with Crippen molar-refractivity contribution in [3.8, 4) is 0 Å². The first-order valence-electron chi connectivity index (χ1n) is 8.66. The highest BCUT2D eigenvalue weighted by molar-refractivity contribution is 6.31. The lowest BCUT2D eigenvalue weighted by Crippen LogP contribution is -2.44. The summed E-state index contributed by atoms with van der Waals surface area (Å²) in [7, 11) is 0. The second-order valence-electron chi connectivity index (χ2n) is 6.55. The van der Waals surface area contributed by atoms with Gasteiger partial charge in [0.2, 0.25) is 0 Å². The zero-order valence-electron chi connectivity index (χ0n) is 14.2. The van der Waals surface area contributed by atoms with E-state index in [2.05, 4.69) is 10.1 Å². The minimum Gasteiger partial charge on any atom is -0.368 e. The Morgan fingerprint density at radius 3 is 2.73 bits per heavy atom. The van der Waals surface area contributed by atoms with Gasteiger partial charge in [-0.25, -0.2) is 14.1 Å². The predicted molar refractivity (Wildman–Crippen MR) is 97.5 cm³/mol. The Kier molecular flexibility index (Phi) is 4.74. The summed E-state index contributed by atoms with van der Waals surface area (Å²) < 4.78 is 21.7. The van der Waals surface area contributed by atoms with Gasteiger partial charge in [-0.3, -0.25) is 0 Å². The average Bonchev–Trinajstić information content (AvgIpc) is 3.16. The molecule has 0 N–H and O–H groups in total. The normalized spacial score (nSPS) is 23.1. The van der Waals surface area contributed by atoms with Crippen molar-refractivity contribution in [3.05, 3.63) is 83.2 Å². The minimum absolute atomic E-state index is 0.0274. The number of hydrogen-bond donors (Lipinski definition) is 0. The maximum Gasteiger partial charge on any atom is 0.137 e. The van der Waals surface area contributed by atoms with Crippen molar-refractivity contribution in [3.63, 3.8) is 0 Å². The van der Waals surface area contributed by atoms with Crippen molar-refractivity contribution >= 4 is 11.6 Å². The lowest BCUT2D eigenvalue weighted by Gasteiger charge is -2.45.